The molecule has 2 aromatic rings. The van der Waals surface area contributed by atoms with Crippen molar-refractivity contribution in [3.05, 3.63) is 75.8 Å². The van der Waals surface area contributed by atoms with Crippen LogP contribution in [0.15, 0.2) is 54.6 Å². The Labute approximate surface area is 144 Å². The maximum atomic E-state index is 11.8. The average Bonchev–Trinajstić information content (AvgIpc) is 2.60. The third-order valence-corrected chi connectivity index (χ3v) is 3.30. The molecule has 0 unspecified atom stereocenters. The van der Waals surface area contributed by atoms with Crippen LogP contribution in [0, 0.1) is 17.0 Å². The molecular weight excluding hydrogens is 324 g/mol. The molecular formula is C18H16N2O5. The zero-order valence-electron chi connectivity index (χ0n) is 13.5. The monoisotopic (exact) mass is 340 g/mol. The van der Waals surface area contributed by atoms with Crippen molar-refractivity contribution in [3.8, 4) is 0 Å². The summed E-state index contributed by atoms with van der Waals surface area (Å²) in [6.45, 7) is 1.39. The normalized spacial score (nSPS) is 10.4. The molecule has 0 aliphatic carbocycles. The number of anilines is 1. The summed E-state index contributed by atoms with van der Waals surface area (Å²) in [5.74, 6) is -1.24. The van der Waals surface area contributed by atoms with E-state index in [1.807, 2.05) is 19.1 Å². The largest absolute Gasteiger partial charge is 0.452 e. The number of ether oxygens (including phenoxy) is 1. The van der Waals surface area contributed by atoms with E-state index in [1.165, 1.54) is 24.3 Å². The number of nitro benzene ring substituents is 1. The second-order valence-electron chi connectivity index (χ2n) is 5.12. The van der Waals surface area contributed by atoms with Crippen molar-refractivity contribution in [2.45, 2.75) is 6.92 Å². The Hall–Kier alpha value is -3.48. The molecule has 128 valence electrons. The van der Waals surface area contributed by atoms with Crippen molar-refractivity contribution in [1.29, 1.82) is 0 Å². The predicted molar refractivity (Wildman–Crippen MR) is 92.9 cm³/mol. The van der Waals surface area contributed by atoms with Crippen LogP contribution in [-0.2, 0) is 14.3 Å². The summed E-state index contributed by atoms with van der Waals surface area (Å²) in [4.78, 5) is 33.8. The van der Waals surface area contributed by atoms with E-state index in [-0.39, 0.29) is 11.3 Å². The fourth-order valence-corrected chi connectivity index (χ4v) is 2.04. The number of nitro groups is 1. The maximum absolute atomic E-state index is 11.8. The highest BCUT2D eigenvalue weighted by Crippen LogP contribution is 2.19. The van der Waals surface area contributed by atoms with Gasteiger partial charge in [-0.05, 0) is 30.7 Å². The predicted octanol–water partition coefficient (Wildman–Crippen LogP) is 3.10. The topological polar surface area (TPSA) is 98.5 Å². The summed E-state index contributed by atoms with van der Waals surface area (Å²) in [5.41, 5.74) is 1.68. The van der Waals surface area contributed by atoms with Crippen molar-refractivity contribution < 1.29 is 19.2 Å². The zero-order valence-corrected chi connectivity index (χ0v) is 13.5. The standard InChI is InChI=1S/C18H16N2O5/c1-13-6-2-4-8-15(13)19-17(21)12-25-18(22)11-10-14-7-3-5-9-16(14)20(23)24/h2-11H,12H2,1H3,(H,19,21)/b11-10+. The van der Waals surface area contributed by atoms with E-state index in [9.17, 15) is 19.7 Å². The number of nitrogens with one attached hydrogen (secondary N) is 1. The number of benzene rings is 2. The van der Waals surface area contributed by atoms with E-state index in [0.29, 0.717) is 5.69 Å². The van der Waals surface area contributed by atoms with Gasteiger partial charge in [0.2, 0.25) is 0 Å². The molecule has 0 spiro atoms. The smallest absolute Gasteiger partial charge is 0.331 e. The van der Waals surface area contributed by atoms with E-state index in [2.05, 4.69) is 5.32 Å². The Morgan fingerprint density at radius 1 is 1.16 bits per heavy atom. The van der Waals surface area contributed by atoms with Crippen LogP contribution in [0.4, 0.5) is 11.4 Å². The molecule has 0 aliphatic heterocycles. The van der Waals surface area contributed by atoms with Gasteiger partial charge in [0.25, 0.3) is 11.6 Å². The lowest BCUT2D eigenvalue weighted by atomic mass is 10.1. The van der Waals surface area contributed by atoms with Gasteiger partial charge in [0.15, 0.2) is 6.61 Å². The van der Waals surface area contributed by atoms with E-state index in [0.717, 1.165) is 11.6 Å². The Kier molecular flexibility index (Phi) is 6.00. The van der Waals surface area contributed by atoms with Crippen LogP contribution < -0.4 is 5.32 Å². The van der Waals surface area contributed by atoms with Gasteiger partial charge >= 0.3 is 5.97 Å². The lowest BCUT2D eigenvalue weighted by molar-refractivity contribution is -0.385. The highest BCUT2D eigenvalue weighted by atomic mass is 16.6. The quantitative estimate of drug-likeness (QED) is 0.377. The number of carbonyl (C=O) groups excluding carboxylic acids is 2. The SMILES string of the molecule is Cc1ccccc1NC(=O)COC(=O)/C=C/c1ccccc1[N+](=O)[O-]. The fourth-order valence-electron chi connectivity index (χ4n) is 2.04. The minimum atomic E-state index is -0.766. The first-order chi connectivity index (χ1) is 12.0. The summed E-state index contributed by atoms with van der Waals surface area (Å²) >= 11 is 0. The third kappa shape index (κ3) is 5.28. The minimum absolute atomic E-state index is 0.121. The lowest BCUT2D eigenvalue weighted by Crippen LogP contribution is -2.20. The number of para-hydroxylation sites is 2. The van der Waals surface area contributed by atoms with Crippen molar-refractivity contribution in [2.75, 3.05) is 11.9 Å². The molecule has 0 bridgehead atoms. The van der Waals surface area contributed by atoms with Gasteiger partial charge in [0.05, 0.1) is 10.5 Å². The molecule has 0 fully saturated rings. The summed E-state index contributed by atoms with van der Waals surface area (Å²) in [6, 6.07) is 13.2. The van der Waals surface area contributed by atoms with Gasteiger partial charge in [-0.2, -0.15) is 0 Å². The first-order valence-corrected chi connectivity index (χ1v) is 7.41. The Morgan fingerprint density at radius 2 is 1.84 bits per heavy atom. The molecule has 7 heteroatoms. The molecule has 0 radical (unpaired) electrons. The van der Waals surface area contributed by atoms with Crippen LogP contribution in [0.1, 0.15) is 11.1 Å². The molecule has 2 rings (SSSR count). The van der Waals surface area contributed by atoms with E-state index in [4.69, 9.17) is 4.74 Å². The number of nitrogens with zero attached hydrogens (tertiary/aromatic N) is 1. The van der Waals surface area contributed by atoms with Crippen LogP contribution in [0.3, 0.4) is 0 Å². The summed E-state index contributed by atoms with van der Waals surface area (Å²) < 4.78 is 4.83. The Bertz CT molecular complexity index is 830. The minimum Gasteiger partial charge on any atom is -0.452 e. The van der Waals surface area contributed by atoms with Gasteiger partial charge in [0.1, 0.15) is 0 Å². The fraction of sp³-hybridized carbons (Fsp3) is 0.111. The van der Waals surface area contributed by atoms with E-state index < -0.39 is 23.4 Å². The highest BCUT2D eigenvalue weighted by molar-refractivity contribution is 5.95. The second kappa shape index (κ2) is 8.39. The van der Waals surface area contributed by atoms with Gasteiger partial charge in [0, 0.05) is 17.8 Å². The van der Waals surface area contributed by atoms with Gasteiger partial charge in [-0.1, -0.05) is 30.3 Å². The van der Waals surface area contributed by atoms with Crippen molar-refractivity contribution in [3.63, 3.8) is 0 Å². The summed E-state index contributed by atoms with van der Waals surface area (Å²) in [6.07, 6.45) is 2.32. The molecule has 0 atom stereocenters. The first-order valence-electron chi connectivity index (χ1n) is 7.41. The van der Waals surface area contributed by atoms with Crippen LogP contribution in [0.25, 0.3) is 6.08 Å². The molecule has 25 heavy (non-hydrogen) atoms. The van der Waals surface area contributed by atoms with Gasteiger partial charge in [-0.25, -0.2) is 4.79 Å². The summed E-state index contributed by atoms with van der Waals surface area (Å²) in [7, 11) is 0. The Morgan fingerprint density at radius 3 is 2.56 bits per heavy atom. The van der Waals surface area contributed by atoms with Crippen LogP contribution in [-0.4, -0.2) is 23.4 Å². The molecule has 0 saturated heterocycles. The zero-order chi connectivity index (χ0) is 18.2. The third-order valence-electron chi connectivity index (χ3n) is 3.30. The number of hydrogen-bond donors (Lipinski definition) is 1. The van der Waals surface area contributed by atoms with Crippen molar-refractivity contribution in [2.24, 2.45) is 0 Å². The molecule has 2 aromatic carbocycles. The molecule has 1 amide bonds. The molecule has 0 aliphatic rings. The van der Waals surface area contributed by atoms with Crippen LogP contribution >= 0.6 is 0 Å². The van der Waals surface area contributed by atoms with E-state index in [1.54, 1.807) is 18.2 Å². The summed E-state index contributed by atoms with van der Waals surface area (Å²) in [5, 5.41) is 13.5. The van der Waals surface area contributed by atoms with Gasteiger partial charge < -0.3 is 10.1 Å². The number of esters is 1. The average molecular weight is 340 g/mol. The molecule has 0 aromatic heterocycles. The number of aryl methyl sites for hydroxylation is 1. The second-order valence-corrected chi connectivity index (χ2v) is 5.12. The van der Waals surface area contributed by atoms with Gasteiger partial charge in [-0.3, -0.25) is 14.9 Å². The number of amides is 1. The van der Waals surface area contributed by atoms with Crippen LogP contribution in [0.2, 0.25) is 0 Å². The number of hydrogen-bond acceptors (Lipinski definition) is 5. The number of rotatable bonds is 6. The van der Waals surface area contributed by atoms with Crippen LogP contribution in [0.5, 0.6) is 0 Å². The molecule has 7 nitrogen and oxygen atoms in total. The maximum Gasteiger partial charge on any atom is 0.331 e. The molecule has 0 heterocycles. The highest BCUT2D eigenvalue weighted by Gasteiger charge is 2.11. The Balaban J connectivity index is 1.89. The van der Waals surface area contributed by atoms with E-state index >= 15 is 0 Å². The molecule has 1 N–H and O–H groups in total. The van der Waals surface area contributed by atoms with Gasteiger partial charge in [-0.15, -0.1) is 0 Å². The number of carbonyl (C=O) groups is 2. The van der Waals surface area contributed by atoms with Crippen molar-refractivity contribution in [1.82, 2.24) is 0 Å². The lowest BCUT2D eigenvalue weighted by Gasteiger charge is -2.07. The molecule has 0 saturated carbocycles. The first kappa shape index (κ1) is 17.9. The van der Waals surface area contributed by atoms with Crippen molar-refractivity contribution >= 4 is 29.3 Å².